The average molecular weight is 273 g/mol. The molecule has 4 nitrogen and oxygen atoms in total. The molecule has 2 rings (SSSR count). The summed E-state index contributed by atoms with van der Waals surface area (Å²) >= 11 is 0. The Bertz CT molecular complexity index is 519. The predicted octanol–water partition coefficient (Wildman–Crippen LogP) is 3.17. The molecule has 1 aliphatic rings. The van der Waals surface area contributed by atoms with Crippen LogP contribution in [-0.4, -0.2) is 17.0 Å². The zero-order chi connectivity index (χ0) is 14.5. The molecule has 0 heterocycles. The number of anilines is 1. The van der Waals surface area contributed by atoms with E-state index in [9.17, 15) is 9.59 Å². The first-order valence-electron chi connectivity index (χ1n) is 6.85. The number of allylic oxidation sites excluding steroid dienone is 2. The second-order valence-corrected chi connectivity index (χ2v) is 5.20. The maximum Gasteiger partial charge on any atom is 0.310 e. The highest BCUT2D eigenvalue weighted by atomic mass is 16.4. The summed E-state index contributed by atoms with van der Waals surface area (Å²) in [4.78, 5) is 22.7. The number of amides is 1. The lowest BCUT2D eigenvalue weighted by atomic mass is 10.0. The van der Waals surface area contributed by atoms with Crippen LogP contribution in [0.3, 0.4) is 0 Å². The molecule has 1 aromatic carbocycles. The molecule has 0 aromatic heterocycles. The number of rotatable bonds is 5. The first kappa shape index (κ1) is 14.3. The van der Waals surface area contributed by atoms with Gasteiger partial charge in [0.2, 0.25) is 5.91 Å². The number of benzene rings is 1. The maximum absolute atomic E-state index is 11.9. The number of carboxylic acids is 1. The van der Waals surface area contributed by atoms with E-state index >= 15 is 0 Å². The van der Waals surface area contributed by atoms with Crippen LogP contribution in [0.15, 0.2) is 36.4 Å². The zero-order valence-corrected chi connectivity index (χ0v) is 11.5. The Hall–Kier alpha value is -2.10. The minimum atomic E-state index is -0.852. The van der Waals surface area contributed by atoms with Gasteiger partial charge in [-0.25, -0.2) is 0 Å². The van der Waals surface area contributed by atoms with Crippen molar-refractivity contribution in [1.82, 2.24) is 0 Å². The lowest BCUT2D eigenvalue weighted by Crippen LogP contribution is -2.15. The summed E-state index contributed by atoms with van der Waals surface area (Å²) in [5.74, 6) is -1.04. The molecule has 1 aromatic rings. The van der Waals surface area contributed by atoms with Crippen LogP contribution in [0.5, 0.6) is 0 Å². The van der Waals surface area contributed by atoms with Gasteiger partial charge in [0.25, 0.3) is 0 Å². The number of carbonyl (C=O) groups is 2. The summed E-state index contributed by atoms with van der Waals surface area (Å²) in [5.41, 5.74) is 1.44. The molecule has 2 atom stereocenters. The smallest absolute Gasteiger partial charge is 0.310 e. The van der Waals surface area contributed by atoms with Crippen LogP contribution in [0.2, 0.25) is 0 Å². The SMILES string of the molecule is CC(C(=O)O)c1ccc(NC(=O)CC2C=CCC2)cc1. The predicted molar refractivity (Wildman–Crippen MR) is 77.6 cm³/mol. The number of hydrogen-bond acceptors (Lipinski definition) is 2. The average Bonchev–Trinajstić information content (AvgIpc) is 2.91. The number of nitrogens with one attached hydrogen (secondary N) is 1. The molecule has 1 amide bonds. The van der Waals surface area contributed by atoms with Gasteiger partial charge in [-0.2, -0.15) is 0 Å². The van der Waals surface area contributed by atoms with E-state index in [-0.39, 0.29) is 5.91 Å². The lowest BCUT2D eigenvalue weighted by Gasteiger charge is -2.10. The summed E-state index contributed by atoms with van der Waals surface area (Å²) in [7, 11) is 0. The molecular weight excluding hydrogens is 254 g/mol. The molecule has 106 valence electrons. The summed E-state index contributed by atoms with van der Waals surface area (Å²) < 4.78 is 0. The molecule has 0 radical (unpaired) electrons. The first-order chi connectivity index (χ1) is 9.56. The van der Waals surface area contributed by atoms with E-state index in [1.807, 2.05) is 0 Å². The van der Waals surface area contributed by atoms with Gasteiger partial charge in [-0.05, 0) is 43.4 Å². The maximum atomic E-state index is 11.9. The first-order valence-corrected chi connectivity index (χ1v) is 6.85. The van der Waals surface area contributed by atoms with Crippen molar-refractivity contribution in [3.05, 3.63) is 42.0 Å². The van der Waals surface area contributed by atoms with Crippen LogP contribution in [0.4, 0.5) is 5.69 Å². The van der Waals surface area contributed by atoms with E-state index in [2.05, 4.69) is 17.5 Å². The van der Waals surface area contributed by atoms with Crippen LogP contribution in [0, 0.1) is 5.92 Å². The van der Waals surface area contributed by atoms with Crippen LogP contribution < -0.4 is 5.32 Å². The van der Waals surface area contributed by atoms with Crippen molar-refractivity contribution in [1.29, 1.82) is 0 Å². The Morgan fingerprint density at radius 3 is 2.60 bits per heavy atom. The van der Waals surface area contributed by atoms with Crippen molar-refractivity contribution in [2.45, 2.75) is 32.1 Å². The number of carbonyl (C=O) groups excluding carboxylic acids is 1. The van der Waals surface area contributed by atoms with Gasteiger partial charge in [0.05, 0.1) is 5.92 Å². The Morgan fingerprint density at radius 2 is 2.05 bits per heavy atom. The van der Waals surface area contributed by atoms with Crippen molar-refractivity contribution in [2.24, 2.45) is 5.92 Å². The highest BCUT2D eigenvalue weighted by Crippen LogP contribution is 2.22. The molecule has 20 heavy (non-hydrogen) atoms. The molecule has 0 saturated heterocycles. The topological polar surface area (TPSA) is 66.4 Å². The molecule has 0 fully saturated rings. The molecule has 1 aliphatic carbocycles. The van der Waals surface area contributed by atoms with E-state index in [1.54, 1.807) is 31.2 Å². The third-order valence-electron chi connectivity index (χ3n) is 3.62. The van der Waals surface area contributed by atoms with Crippen molar-refractivity contribution >= 4 is 17.6 Å². The van der Waals surface area contributed by atoms with Crippen molar-refractivity contribution < 1.29 is 14.7 Å². The van der Waals surface area contributed by atoms with Gasteiger partial charge < -0.3 is 10.4 Å². The summed E-state index contributed by atoms with van der Waals surface area (Å²) in [6.07, 6.45) is 6.81. The van der Waals surface area contributed by atoms with E-state index in [1.165, 1.54) is 0 Å². The number of carboxylic acid groups (broad SMARTS) is 1. The molecule has 2 N–H and O–H groups in total. The second kappa shape index (κ2) is 6.37. The number of hydrogen-bond donors (Lipinski definition) is 2. The minimum Gasteiger partial charge on any atom is -0.481 e. The minimum absolute atomic E-state index is 0.000540. The molecule has 0 saturated carbocycles. The Morgan fingerprint density at radius 1 is 1.35 bits per heavy atom. The van der Waals surface area contributed by atoms with Gasteiger partial charge >= 0.3 is 5.97 Å². The van der Waals surface area contributed by atoms with Crippen LogP contribution >= 0.6 is 0 Å². The zero-order valence-electron chi connectivity index (χ0n) is 11.5. The van der Waals surface area contributed by atoms with Gasteiger partial charge in [0.1, 0.15) is 0 Å². The molecular formula is C16H19NO3. The highest BCUT2D eigenvalue weighted by Gasteiger charge is 2.15. The molecule has 0 aliphatic heterocycles. The molecule has 2 unspecified atom stereocenters. The van der Waals surface area contributed by atoms with Gasteiger partial charge in [0, 0.05) is 12.1 Å². The standard InChI is InChI=1S/C16H19NO3/c1-11(16(19)20)13-6-8-14(9-7-13)17-15(18)10-12-4-2-3-5-12/h2,4,6-9,11-12H,3,5,10H2,1H3,(H,17,18)(H,19,20). The molecule has 0 spiro atoms. The monoisotopic (exact) mass is 273 g/mol. The third-order valence-corrected chi connectivity index (χ3v) is 3.62. The van der Waals surface area contributed by atoms with E-state index < -0.39 is 11.9 Å². The second-order valence-electron chi connectivity index (χ2n) is 5.20. The quantitative estimate of drug-likeness (QED) is 0.810. The third kappa shape index (κ3) is 3.70. The van der Waals surface area contributed by atoms with Crippen molar-refractivity contribution in [2.75, 3.05) is 5.32 Å². The Kier molecular flexibility index (Phi) is 4.56. The summed E-state index contributed by atoms with van der Waals surface area (Å²) in [5, 5.41) is 11.8. The van der Waals surface area contributed by atoms with E-state index in [4.69, 9.17) is 5.11 Å². The van der Waals surface area contributed by atoms with Crippen molar-refractivity contribution in [3.63, 3.8) is 0 Å². The number of aliphatic carboxylic acids is 1. The van der Waals surface area contributed by atoms with Gasteiger partial charge in [-0.3, -0.25) is 9.59 Å². The van der Waals surface area contributed by atoms with Gasteiger partial charge in [-0.1, -0.05) is 24.3 Å². The van der Waals surface area contributed by atoms with Crippen LogP contribution in [0.1, 0.15) is 37.7 Å². The van der Waals surface area contributed by atoms with Crippen LogP contribution in [0.25, 0.3) is 0 Å². The Labute approximate surface area is 118 Å². The van der Waals surface area contributed by atoms with E-state index in [0.29, 0.717) is 18.0 Å². The fourth-order valence-corrected chi connectivity index (χ4v) is 2.31. The van der Waals surface area contributed by atoms with Crippen LogP contribution in [-0.2, 0) is 9.59 Å². The highest BCUT2D eigenvalue weighted by molar-refractivity contribution is 5.91. The van der Waals surface area contributed by atoms with Gasteiger partial charge in [-0.15, -0.1) is 0 Å². The largest absolute Gasteiger partial charge is 0.481 e. The van der Waals surface area contributed by atoms with E-state index in [0.717, 1.165) is 18.4 Å². The molecule has 0 bridgehead atoms. The summed E-state index contributed by atoms with van der Waals surface area (Å²) in [6, 6.07) is 6.97. The summed E-state index contributed by atoms with van der Waals surface area (Å²) in [6.45, 7) is 1.64. The van der Waals surface area contributed by atoms with Gasteiger partial charge in [0.15, 0.2) is 0 Å². The fourth-order valence-electron chi connectivity index (χ4n) is 2.31. The lowest BCUT2D eigenvalue weighted by molar-refractivity contribution is -0.138. The molecule has 4 heteroatoms. The van der Waals surface area contributed by atoms with Crippen molar-refractivity contribution in [3.8, 4) is 0 Å². The normalized spacial score (nSPS) is 18.8. The fraction of sp³-hybridized carbons (Fsp3) is 0.375. The Balaban J connectivity index is 1.91.